The van der Waals surface area contributed by atoms with E-state index in [1.54, 1.807) is 20.0 Å². The van der Waals surface area contributed by atoms with Gasteiger partial charge in [-0.15, -0.1) is 0 Å². The molecule has 2 aliphatic rings. The van der Waals surface area contributed by atoms with Gasteiger partial charge >= 0.3 is 5.97 Å². The molecular weight excluding hydrogens is 358 g/mol. The zero-order valence-electron chi connectivity index (χ0n) is 17.4. The Morgan fingerprint density at radius 1 is 1.32 bits per heavy atom. The summed E-state index contributed by atoms with van der Waals surface area (Å²) in [5, 5.41) is 0. The predicted octanol–water partition coefficient (Wildman–Crippen LogP) is 2.46. The predicted molar refractivity (Wildman–Crippen MR) is 106 cm³/mol. The summed E-state index contributed by atoms with van der Waals surface area (Å²) < 4.78 is 11.1. The van der Waals surface area contributed by atoms with Crippen LogP contribution in [0.2, 0.25) is 0 Å². The Balaban J connectivity index is 1.73. The van der Waals surface area contributed by atoms with Crippen LogP contribution in [0, 0.1) is 11.8 Å². The molecular formula is C21H31N3O4. The largest absolute Gasteiger partial charge is 0.432 e. The van der Waals surface area contributed by atoms with Crippen LogP contribution in [0.15, 0.2) is 24.4 Å². The fourth-order valence-electron chi connectivity index (χ4n) is 4.03. The average molecular weight is 389 g/mol. The summed E-state index contributed by atoms with van der Waals surface area (Å²) in [4.78, 5) is 34.3. The first-order valence-corrected chi connectivity index (χ1v) is 10.0. The van der Waals surface area contributed by atoms with E-state index < -0.39 is 23.8 Å². The van der Waals surface area contributed by atoms with Crippen molar-refractivity contribution < 1.29 is 19.1 Å². The lowest BCUT2D eigenvalue weighted by Crippen LogP contribution is -2.57. The summed E-state index contributed by atoms with van der Waals surface area (Å²) >= 11 is 0. The van der Waals surface area contributed by atoms with Crippen molar-refractivity contribution in [3.05, 3.63) is 24.4 Å². The first kappa shape index (κ1) is 20.6. The van der Waals surface area contributed by atoms with Crippen LogP contribution in [0.5, 0.6) is 0 Å². The molecule has 2 saturated heterocycles. The number of carbonyl (C=O) groups excluding carboxylic acids is 2. The minimum absolute atomic E-state index is 0.0170. The number of esters is 1. The van der Waals surface area contributed by atoms with Crippen LogP contribution in [0.25, 0.3) is 0 Å². The lowest BCUT2D eigenvalue weighted by molar-refractivity contribution is -0.163. The molecule has 0 aromatic carbocycles. The highest BCUT2D eigenvalue weighted by atomic mass is 16.8. The second-order valence-corrected chi connectivity index (χ2v) is 8.61. The molecule has 1 aromatic rings. The van der Waals surface area contributed by atoms with Crippen LogP contribution in [-0.2, 0) is 19.1 Å². The molecule has 1 aromatic heterocycles. The van der Waals surface area contributed by atoms with E-state index in [4.69, 9.17) is 9.47 Å². The number of piperazine rings is 1. The Morgan fingerprint density at radius 3 is 2.61 bits per heavy atom. The molecule has 154 valence electrons. The summed E-state index contributed by atoms with van der Waals surface area (Å²) in [6.45, 7) is 11.6. The third-order valence-electron chi connectivity index (χ3n) is 5.28. The first-order valence-electron chi connectivity index (χ1n) is 10.0. The molecule has 2 fully saturated rings. The third-order valence-corrected chi connectivity index (χ3v) is 5.28. The lowest BCUT2D eigenvalue weighted by atomic mass is 9.90. The number of hydrogen-bond acceptors (Lipinski definition) is 6. The maximum atomic E-state index is 13.4. The van der Waals surface area contributed by atoms with Gasteiger partial charge in [-0.05, 0) is 31.4 Å². The van der Waals surface area contributed by atoms with E-state index in [1.165, 1.54) is 0 Å². The quantitative estimate of drug-likeness (QED) is 0.721. The standard InChI is InChI=1S/C21H31N3O4/c1-14(2)12-16(18-20(26)28-21(4,5)27-18)19(25)24-11-10-23(13-15(24)3)17-8-6-7-9-22-17/h6-9,14-16,18H,10-13H2,1-5H3/t15-,16-,18+/m1/s1. The zero-order valence-corrected chi connectivity index (χ0v) is 17.4. The molecule has 3 heterocycles. The van der Waals surface area contributed by atoms with Gasteiger partial charge in [0, 0.05) is 45.7 Å². The van der Waals surface area contributed by atoms with E-state index in [0.717, 1.165) is 5.82 Å². The number of amides is 1. The number of aromatic nitrogens is 1. The number of anilines is 1. The molecule has 0 saturated carbocycles. The molecule has 1 amide bonds. The molecule has 0 bridgehead atoms. The summed E-state index contributed by atoms with van der Waals surface area (Å²) in [5.74, 6) is -0.798. The maximum Gasteiger partial charge on any atom is 0.338 e. The van der Waals surface area contributed by atoms with Gasteiger partial charge in [0.15, 0.2) is 6.10 Å². The van der Waals surface area contributed by atoms with Crippen LogP contribution in [0.1, 0.15) is 41.0 Å². The highest BCUT2D eigenvalue weighted by molar-refractivity contribution is 5.88. The Hall–Kier alpha value is -2.15. The van der Waals surface area contributed by atoms with E-state index in [-0.39, 0.29) is 17.9 Å². The van der Waals surface area contributed by atoms with Crippen molar-refractivity contribution in [3.8, 4) is 0 Å². The van der Waals surface area contributed by atoms with Crippen molar-refractivity contribution in [2.24, 2.45) is 11.8 Å². The highest BCUT2D eigenvalue weighted by Crippen LogP contribution is 2.33. The molecule has 3 rings (SSSR count). The lowest BCUT2D eigenvalue weighted by Gasteiger charge is -2.42. The van der Waals surface area contributed by atoms with Gasteiger partial charge in [0.2, 0.25) is 11.7 Å². The number of pyridine rings is 1. The Kier molecular flexibility index (Phi) is 5.93. The first-order chi connectivity index (χ1) is 13.2. The van der Waals surface area contributed by atoms with Crippen molar-refractivity contribution in [2.75, 3.05) is 24.5 Å². The van der Waals surface area contributed by atoms with Crippen LogP contribution < -0.4 is 4.90 Å². The summed E-state index contributed by atoms with van der Waals surface area (Å²) in [7, 11) is 0. The van der Waals surface area contributed by atoms with Gasteiger partial charge in [0.1, 0.15) is 5.82 Å². The SMILES string of the molecule is CC(C)C[C@@H](C(=O)N1CCN(c2ccccn2)C[C@H]1C)[C@@H]1OC(C)(C)OC1=O. The van der Waals surface area contributed by atoms with Gasteiger partial charge in [0.05, 0.1) is 5.92 Å². The minimum Gasteiger partial charge on any atom is -0.432 e. The van der Waals surface area contributed by atoms with E-state index in [1.807, 2.05) is 43.9 Å². The Morgan fingerprint density at radius 2 is 2.07 bits per heavy atom. The molecule has 2 aliphatic heterocycles. The molecule has 0 unspecified atom stereocenters. The molecule has 7 heteroatoms. The number of rotatable bonds is 5. The minimum atomic E-state index is -0.986. The molecule has 7 nitrogen and oxygen atoms in total. The zero-order chi connectivity index (χ0) is 20.5. The highest BCUT2D eigenvalue weighted by Gasteiger charge is 2.49. The number of carbonyl (C=O) groups is 2. The fourth-order valence-corrected chi connectivity index (χ4v) is 4.03. The van der Waals surface area contributed by atoms with Gasteiger partial charge < -0.3 is 19.3 Å². The van der Waals surface area contributed by atoms with Gasteiger partial charge in [-0.25, -0.2) is 9.78 Å². The molecule has 0 radical (unpaired) electrons. The number of nitrogens with zero attached hydrogens (tertiary/aromatic N) is 3. The summed E-state index contributed by atoms with van der Waals surface area (Å²) in [6, 6.07) is 5.86. The molecule has 3 atom stereocenters. The molecule has 0 spiro atoms. The topological polar surface area (TPSA) is 72.0 Å². The maximum absolute atomic E-state index is 13.4. The van der Waals surface area contributed by atoms with Crippen LogP contribution in [-0.4, -0.2) is 59.3 Å². The average Bonchev–Trinajstić information content (AvgIpc) is 2.92. The fraction of sp³-hybridized carbons (Fsp3) is 0.667. The van der Waals surface area contributed by atoms with Crippen LogP contribution in [0.3, 0.4) is 0 Å². The van der Waals surface area contributed by atoms with Gasteiger partial charge in [0.25, 0.3) is 0 Å². The number of ether oxygens (including phenoxy) is 2. The monoisotopic (exact) mass is 389 g/mol. The van der Waals surface area contributed by atoms with E-state index in [0.29, 0.717) is 26.1 Å². The summed E-state index contributed by atoms with van der Waals surface area (Å²) in [6.07, 6.45) is 1.52. The van der Waals surface area contributed by atoms with Gasteiger partial charge in [-0.1, -0.05) is 19.9 Å². The van der Waals surface area contributed by atoms with Crippen molar-refractivity contribution in [1.29, 1.82) is 0 Å². The van der Waals surface area contributed by atoms with E-state index >= 15 is 0 Å². The molecule has 0 N–H and O–H groups in total. The van der Waals surface area contributed by atoms with Crippen molar-refractivity contribution in [1.82, 2.24) is 9.88 Å². The second kappa shape index (κ2) is 8.07. The Bertz CT molecular complexity index is 707. The molecule has 0 aliphatic carbocycles. The summed E-state index contributed by atoms with van der Waals surface area (Å²) in [5.41, 5.74) is 0. The smallest absolute Gasteiger partial charge is 0.338 e. The van der Waals surface area contributed by atoms with Crippen molar-refractivity contribution in [3.63, 3.8) is 0 Å². The number of hydrogen-bond donors (Lipinski definition) is 0. The third kappa shape index (κ3) is 4.46. The Labute approximate surface area is 167 Å². The van der Waals surface area contributed by atoms with E-state index in [9.17, 15) is 9.59 Å². The van der Waals surface area contributed by atoms with Gasteiger partial charge in [-0.3, -0.25) is 4.79 Å². The van der Waals surface area contributed by atoms with Crippen molar-refractivity contribution >= 4 is 17.7 Å². The van der Waals surface area contributed by atoms with Crippen LogP contribution in [0.4, 0.5) is 5.82 Å². The van der Waals surface area contributed by atoms with Gasteiger partial charge in [-0.2, -0.15) is 0 Å². The second-order valence-electron chi connectivity index (χ2n) is 8.61. The number of cyclic esters (lactones) is 1. The van der Waals surface area contributed by atoms with Crippen molar-refractivity contribution in [2.45, 2.75) is 59.0 Å². The normalized spacial score (nSPS) is 25.7. The van der Waals surface area contributed by atoms with Crippen LogP contribution >= 0.6 is 0 Å². The molecule has 28 heavy (non-hydrogen) atoms. The van der Waals surface area contributed by atoms with E-state index in [2.05, 4.69) is 9.88 Å².